The number of nitrogens with one attached hydrogen (secondary N) is 1. The van der Waals surface area contributed by atoms with Gasteiger partial charge >= 0.3 is 0 Å². The third-order valence-corrected chi connectivity index (χ3v) is 4.66. The Bertz CT molecular complexity index is 605. The fourth-order valence-corrected chi connectivity index (χ4v) is 3.48. The van der Waals surface area contributed by atoms with Crippen molar-refractivity contribution >= 4 is 17.5 Å². The number of carbonyl (C=O) groups excluding carboxylic acids is 2. The number of allylic oxidation sites excluding steroid dienone is 3. The van der Waals surface area contributed by atoms with Gasteiger partial charge in [0.25, 0.3) is 0 Å². The van der Waals surface area contributed by atoms with Crippen LogP contribution in [0.15, 0.2) is 40.6 Å². The van der Waals surface area contributed by atoms with Gasteiger partial charge in [-0.05, 0) is 37.8 Å². The highest BCUT2D eigenvalue weighted by Gasteiger charge is 2.24. The van der Waals surface area contributed by atoms with E-state index in [0.717, 1.165) is 24.1 Å². The maximum Gasteiger partial charge on any atom is 0.248 e. The topological polar surface area (TPSA) is 58.5 Å². The molecular weight excluding hydrogens is 276 g/mol. The fraction of sp³-hybridized carbons (Fsp3) is 0.500. The highest BCUT2D eigenvalue weighted by molar-refractivity contribution is 6.11. The molecule has 0 bridgehead atoms. The van der Waals surface area contributed by atoms with Gasteiger partial charge in [0.15, 0.2) is 0 Å². The van der Waals surface area contributed by atoms with Crippen molar-refractivity contribution in [3.8, 4) is 0 Å². The minimum absolute atomic E-state index is 0.0451. The van der Waals surface area contributed by atoms with E-state index in [1.807, 2.05) is 25.2 Å². The molecule has 1 atom stereocenters. The van der Waals surface area contributed by atoms with Crippen molar-refractivity contribution < 1.29 is 9.59 Å². The molecule has 1 fully saturated rings. The lowest BCUT2D eigenvalue weighted by molar-refractivity contribution is -0.119. The van der Waals surface area contributed by atoms with E-state index in [2.05, 4.69) is 10.3 Å². The van der Waals surface area contributed by atoms with Crippen LogP contribution in [-0.2, 0) is 9.59 Å². The molecule has 0 aromatic rings. The molecule has 1 aliphatic heterocycles. The summed E-state index contributed by atoms with van der Waals surface area (Å²) in [5, 5.41) is 2.84. The molecule has 1 saturated carbocycles. The van der Waals surface area contributed by atoms with Crippen LogP contribution in [0.1, 0.15) is 45.4 Å². The lowest BCUT2D eigenvalue weighted by atomic mass is 9.87. The Hall–Kier alpha value is -1.97. The summed E-state index contributed by atoms with van der Waals surface area (Å²) in [5.41, 5.74) is 2.47. The van der Waals surface area contributed by atoms with E-state index < -0.39 is 0 Å². The second-order valence-electron chi connectivity index (χ2n) is 6.45. The SMILES string of the molecule is CC1=CC(=O)NC2=CC(=NC(=O)CC3CCCCC3)C=CC12. The highest BCUT2D eigenvalue weighted by Crippen LogP contribution is 2.28. The Balaban J connectivity index is 1.68. The number of hydrogen-bond acceptors (Lipinski definition) is 2. The van der Waals surface area contributed by atoms with Crippen LogP contribution < -0.4 is 5.32 Å². The predicted molar refractivity (Wildman–Crippen MR) is 86.2 cm³/mol. The first kappa shape index (κ1) is 14.9. The number of fused-ring (bicyclic) bond motifs is 1. The maximum atomic E-state index is 12.1. The first-order valence-corrected chi connectivity index (χ1v) is 8.12. The summed E-state index contributed by atoms with van der Waals surface area (Å²) in [5.74, 6) is 0.447. The Morgan fingerprint density at radius 1 is 1.27 bits per heavy atom. The molecule has 3 aliphatic rings. The van der Waals surface area contributed by atoms with E-state index in [4.69, 9.17) is 0 Å². The van der Waals surface area contributed by atoms with Crippen molar-refractivity contribution in [2.45, 2.75) is 45.4 Å². The third-order valence-electron chi connectivity index (χ3n) is 4.66. The fourth-order valence-electron chi connectivity index (χ4n) is 3.48. The molecule has 0 aromatic heterocycles. The summed E-state index contributed by atoms with van der Waals surface area (Å²) >= 11 is 0. The van der Waals surface area contributed by atoms with Gasteiger partial charge in [0, 0.05) is 24.1 Å². The predicted octanol–water partition coefficient (Wildman–Crippen LogP) is 3.07. The highest BCUT2D eigenvalue weighted by atomic mass is 16.2. The average molecular weight is 298 g/mol. The van der Waals surface area contributed by atoms with E-state index in [1.165, 1.54) is 19.3 Å². The number of carbonyl (C=O) groups is 2. The van der Waals surface area contributed by atoms with Crippen molar-refractivity contribution in [3.05, 3.63) is 35.6 Å². The summed E-state index contributed by atoms with van der Waals surface area (Å²) in [6.07, 6.45) is 13.9. The largest absolute Gasteiger partial charge is 0.325 e. The van der Waals surface area contributed by atoms with Gasteiger partial charge in [-0.2, -0.15) is 0 Å². The lowest BCUT2D eigenvalue weighted by Crippen LogP contribution is -2.32. The van der Waals surface area contributed by atoms with Crippen molar-refractivity contribution in [1.82, 2.24) is 5.32 Å². The minimum Gasteiger partial charge on any atom is -0.325 e. The third kappa shape index (κ3) is 3.43. The molecule has 1 unspecified atom stereocenters. The molecule has 1 N–H and O–H groups in total. The molecule has 2 aliphatic carbocycles. The Kier molecular flexibility index (Phi) is 4.36. The second-order valence-corrected chi connectivity index (χ2v) is 6.45. The molecule has 4 nitrogen and oxygen atoms in total. The van der Waals surface area contributed by atoms with Crippen LogP contribution in [0, 0.1) is 11.8 Å². The zero-order chi connectivity index (χ0) is 15.5. The summed E-state index contributed by atoms with van der Waals surface area (Å²) in [4.78, 5) is 27.9. The molecule has 22 heavy (non-hydrogen) atoms. The van der Waals surface area contributed by atoms with Crippen LogP contribution in [0.3, 0.4) is 0 Å². The minimum atomic E-state index is -0.108. The first-order valence-electron chi connectivity index (χ1n) is 8.12. The van der Waals surface area contributed by atoms with Crippen LogP contribution in [-0.4, -0.2) is 17.5 Å². The second kappa shape index (κ2) is 6.42. The van der Waals surface area contributed by atoms with Crippen LogP contribution in [0.2, 0.25) is 0 Å². The van der Waals surface area contributed by atoms with Gasteiger partial charge in [-0.15, -0.1) is 0 Å². The van der Waals surface area contributed by atoms with Crippen molar-refractivity contribution in [3.63, 3.8) is 0 Å². The van der Waals surface area contributed by atoms with Gasteiger partial charge in [-0.1, -0.05) is 30.9 Å². The summed E-state index contributed by atoms with van der Waals surface area (Å²) in [6.45, 7) is 1.94. The average Bonchev–Trinajstić information content (AvgIpc) is 2.47. The quantitative estimate of drug-likeness (QED) is 0.851. The summed E-state index contributed by atoms with van der Waals surface area (Å²) in [7, 11) is 0. The Morgan fingerprint density at radius 2 is 2.05 bits per heavy atom. The number of aliphatic imine (C=N–C) groups is 1. The smallest absolute Gasteiger partial charge is 0.248 e. The van der Waals surface area contributed by atoms with Crippen molar-refractivity contribution in [1.29, 1.82) is 0 Å². The summed E-state index contributed by atoms with van der Waals surface area (Å²) < 4.78 is 0. The van der Waals surface area contributed by atoms with E-state index >= 15 is 0 Å². The number of amides is 2. The molecule has 3 rings (SSSR count). The van der Waals surface area contributed by atoms with Crippen LogP contribution in [0.4, 0.5) is 0 Å². The molecule has 0 spiro atoms. The molecule has 0 radical (unpaired) electrons. The van der Waals surface area contributed by atoms with Crippen LogP contribution in [0.5, 0.6) is 0 Å². The van der Waals surface area contributed by atoms with E-state index in [0.29, 0.717) is 18.1 Å². The summed E-state index contributed by atoms with van der Waals surface area (Å²) in [6, 6.07) is 0. The van der Waals surface area contributed by atoms with Gasteiger partial charge in [-0.3, -0.25) is 9.59 Å². The molecular formula is C18H22N2O2. The van der Waals surface area contributed by atoms with Crippen molar-refractivity contribution in [2.75, 3.05) is 0 Å². The van der Waals surface area contributed by atoms with E-state index in [9.17, 15) is 9.59 Å². The standard InChI is InChI=1S/C18H22N2O2/c1-12-9-17(21)20-16-11-14(7-8-15(12)16)19-18(22)10-13-5-3-2-4-6-13/h7-9,11,13,15H,2-6,10H2,1H3,(H,20,21). The maximum absolute atomic E-state index is 12.1. The number of nitrogens with zero attached hydrogens (tertiary/aromatic N) is 1. The number of rotatable bonds is 2. The molecule has 4 heteroatoms. The van der Waals surface area contributed by atoms with Gasteiger partial charge in [0.1, 0.15) is 0 Å². The molecule has 1 heterocycles. The van der Waals surface area contributed by atoms with Gasteiger partial charge in [0.2, 0.25) is 11.8 Å². The zero-order valence-corrected chi connectivity index (χ0v) is 13.0. The molecule has 0 aromatic carbocycles. The zero-order valence-electron chi connectivity index (χ0n) is 13.0. The molecule has 2 amide bonds. The Morgan fingerprint density at radius 3 is 2.82 bits per heavy atom. The monoisotopic (exact) mass is 298 g/mol. The lowest BCUT2D eigenvalue weighted by Gasteiger charge is -2.25. The normalized spacial score (nSPS) is 27.0. The van der Waals surface area contributed by atoms with Gasteiger partial charge in [-0.25, -0.2) is 4.99 Å². The molecule has 0 saturated heterocycles. The van der Waals surface area contributed by atoms with Gasteiger partial charge < -0.3 is 5.32 Å². The van der Waals surface area contributed by atoms with Gasteiger partial charge in [0.05, 0.1) is 5.71 Å². The van der Waals surface area contributed by atoms with Crippen molar-refractivity contribution in [2.24, 2.45) is 16.8 Å². The van der Waals surface area contributed by atoms with E-state index in [1.54, 1.807) is 6.08 Å². The number of hydrogen-bond donors (Lipinski definition) is 1. The van der Waals surface area contributed by atoms with E-state index in [-0.39, 0.29) is 17.7 Å². The van der Waals surface area contributed by atoms with Crippen LogP contribution >= 0.6 is 0 Å². The first-order chi connectivity index (χ1) is 10.6. The molecule has 116 valence electrons. The van der Waals surface area contributed by atoms with Crippen LogP contribution in [0.25, 0.3) is 0 Å². The Labute approximate surface area is 131 Å².